The van der Waals surface area contributed by atoms with Crippen LogP contribution >= 0.6 is 0 Å². The Balaban J connectivity index is 1.85. The molecule has 0 saturated carbocycles. The average molecular weight is 377 g/mol. The van der Waals surface area contributed by atoms with Gasteiger partial charge in [-0.1, -0.05) is 105 Å². The van der Waals surface area contributed by atoms with Crippen LogP contribution in [0.3, 0.4) is 0 Å². The molecule has 142 valence electrons. The van der Waals surface area contributed by atoms with Crippen LogP contribution in [-0.4, -0.2) is 14.9 Å². The van der Waals surface area contributed by atoms with E-state index in [1.807, 2.05) is 0 Å². The van der Waals surface area contributed by atoms with Gasteiger partial charge in [0.15, 0.2) is 0 Å². The molecule has 1 nitrogen and oxygen atoms in total. The highest BCUT2D eigenvalue weighted by molar-refractivity contribution is 6.99. The van der Waals surface area contributed by atoms with E-state index in [2.05, 4.69) is 101 Å². The van der Waals surface area contributed by atoms with Crippen LogP contribution in [0.15, 0.2) is 84.0 Å². The Kier molecular flexibility index (Phi) is 6.18. The lowest BCUT2D eigenvalue weighted by atomic mass is 10.1. The zero-order valence-electron chi connectivity index (χ0n) is 17.2. The summed E-state index contributed by atoms with van der Waals surface area (Å²) in [7, 11) is -2.37. The third-order valence-electron chi connectivity index (χ3n) is 5.49. The van der Waals surface area contributed by atoms with Gasteiger partial charge in [0.25, 0.3) is 8.32 Å². The number of hydrogen-bond donors (Lipinski definition) is 0. The molecule has 0 radical (unpaired) electrons. The summed E-state index contributed by atoms with van der Waals surface area (Å²) in [4.78, 5) is 0. The van der Waals surface area contributed by atoms with Crippen LogP contribution in [0, 0.1) is 0 Å². The zero-order valence-corrected chi connectivity index (χ0v) is 18.2. The molecule has 0 amide bonds. The van der Waals surface area contributed by atoms with Gasteiger partial charge in [-0.2, -0.15) is 0 Å². The predicted molar refractivity (Wildman–Crippen MR) is 119 cm³/mol. The quantitative estimate of drug-likeness (QED) is 0.450. The molecule has 0 fully saturated rings. The molecule has 2 aromatic rings. The van der Waals surface area contributed by atoms with Crippen molar-refractivity contribution in [3.8, 4) is 0 Å². The van der Waals surface area contributed by atoms with E-state index in [1.165, 1.54) is 15.9 Å². The predicted octanol–water partition coefficient (Wildman–Crippen LogP) is 5.62. The highest BCUT2D eigenvalue weighted by atomic mass is 28.4. The first-order valence-electron chi connectivity index (χ1n) is 10.0. The van der Waals surface area contributed by atoms with Crippen LogP contribution in [0.2, 0.25) is 5.04 Å². The normalized spacial score (nSPS) is 14.8. The summed E-state index contributed by atoms with van der Waals surface area (Å²) in [6.45, 7) is 10.0. The summed E-state index contributed by atoms with van der Waals surface area (Å²) < 4.78 is 6.95. The van der Waals surface area contributed by atoms with Crippen LogP contribution < -0.4 is 10.4 Å². The minimum Gasteiger partial charge on any atom is -0.407 e. The van der Waals surface area contributed by atoms with E-state index < -0.39 is 8.32 Å². The van der Waals surface area contributed by atoms with Gasteiger partial charge in [-0.15, -0.1) is 0 Å². The fourth-order valence-corrected chi connectivity index (χ4v) is 8.80. The molecule has 1 aliphatic carbocycles. The van der Waals surface area contributed by atoms with Crippen molar-refractivity contribution >= 4 is 18.7 Å². The second kappa shape index (κ2) is 8.41. The van der Waals surface area contributed by atoms with Crippen LogP contribution in [0.1, 0.15) is 47.0 Å². The molecule has 0 bridgehead atoms. The van der Waals surface area contributed by atoms with E-state index in [0.29, 0.717) is 0 Å². The van der Waals surface area contributed by atoms with Crippen molar-refractivity contribution in [2.45, 2.75) is 52.0 Å². The third-order valence-corrected chi connectivity index (χ3v) is 10.5. The van der Waals surface area contributed by atoms with Gasteiger partial charge in [-0.25, -0.2) is 0 Å². The van der Waals surface area contributed by atoms with Gasteiger partial charge in [0.05, 0.1) is 0 Å². The van der Waals surface area contributed by atoms with Gasteiger partial charge in [0, 0.05) is 6.61 Å². The molecule has 0 heterocycles. The Bertz CT molecular complexity index is 758. The van der Waals surface area contributed by atoms with E-state index in [-0.39, 0.29) is 5.04 Å². The molecule has 27 heavy (non-hydrogen) atoms. The van der Waals surface area contributed by atoms with E-state index in [1.54, 1.807) is 5.57 Å². The number of allylic oxidation sites excluding steroid dienone is 4. The molecule has 2 heteroatoms. The van der Waals surface area contributed by atoms with Crippen molar-refractivity contribution in [2.75, 3.05) is 6.61 Å². The maximum Gasteiger partial charge on any atom is 0.261 e. The lowest BCUT2D eigenvalue weighted by molar-refractivity contribution is 0.291. The van der Waals surface area contributed by atoms with Crippen molar-refractivity contribution in [1.29, 1.82) is 0 Å². The Morgan fingerprint density at radius 1 is 0.852 bits per heavy atom. The number of benzene rings is 2. The largest absolute Gasteiger partial charge is 0.407 e. The van der Waals surface area contributed by atoms with Crippen molar-refractivity contribution in [2.24, 2.45) is 0 Å². The second-order valence-electron chi connectivity index (χ2n) is 8.63. The molecule has 0 aliphatic heterocycles. The molecule has 3 rings (SSSR count). The summed E-state index contributed by atoms with van der Waals surface area (Å²) >= 11 is 0. The number of rotatable bonds is 7. The van der Waals surface area contributed by atoms with Crippen LogP contribution in [0.5, 0.6) is 0 Å². The molecule has 0 N–H and O–H groups in total. The van der Waals surface area contributed by atoms with Gasteiger partial charge in [-0.05, 0) is 41.6 Å². The molecular weight excluding hydrogens is 344 g/mol. The summed E-state index contributed by atoms with van der Waals surface area (Å²) in [5.41, 5.74) is 3.01. The molecule has 0 spiro atoms. The van der Waals surface area contributed by atoms with Crippen LogP contribution in [0.25, 0.3) is 0 Å². The standard InChI is InChI=1S/C25H32OSi/c1-21-17-18-22(20-21)12-11-19-26-27(25(2,3)4,23-13-7-5-8-14-23)24-15-9-6-10-16-24/h5-10,13-18H,11-12,19-20H2,1-4H3. The SMILES string of the molecule is CC1=CC=C(CCCO[Si](c2ccccc2)(c2ccccc2)C(C)(C)C)C1. The Labute approximate surface area is 165 Å². The van der Waals surface area contributed by atoms with Gasteiger partial charge in [0.1, 0.15) is 0 Å². The van der Waals surface area contributed by atoms with Crippen molar-refractivity contribution in [3.63, 3.8) is 0 Å². The third kappa shape index (κ3) is 4.34. The van der Waals surface area contributed by atoms with Gasteiger partial charge >= 0.3 is 0 Å². The molecule has 0 saturated heterocycles. The van der Waals surface area contributed by atoms with Crippen molar-refractivity contribution in [3.05, 3.63) is 84.0 Å². The fraction of sp³-hybridized carbons (Fsp3) is 0.360. The van der Waals surface area contributed by atoms with Crippen LogP contribution in [-0.2, 0) is 4.43 Å². The molecule has 0 unspecified atom stereocenters. The van der Waals surface area contributed by atoms with Gasteiger partial charge in [-0.3, -0.25) is 0 Å². The molecule has 0 aromatic heterocycles. The van der Waals surface area contributed by atoms with E-state index >= 15 is 0 Å². The van der Waals surface area contributed by atoms with E-state index in [9.17, 15) is 0 Å². The summed E-state index contributed by atoms with van der Waals surface area (Å²) in [5, 5.41) is 2.78. The first kappa shape index (κ1) is 19.8. The average Bonchev–Trinajstić information content (AvgIpc) is 3.07. The first-order valence-corrected chi connectivity index (χ1v) is 11.9. The second-order valence-corrected chi connectivity index (χ2v) is 12.9. The molecule has 0 atom stereocenters. The summed E-state index contributed by atoms with van der Waals surface area (Å²) in [6.07, 6.45) is 7.89. The van der Waals surface area contributed by atoms with Crippen molar-refractivity contribution < 1.29 is 4.43 Å². The maximum atomic E-state index is 6.95. The topological polar surface area (TPSA) is 9.23 Å². The Morgan fingerprint density at radius 2 is 1.41 bits per heavy atom. The van der Waals surface area contributed by atoms with Crippen molar-refractivity contribution in [1.82, 2.24) is 0 Å². The maximum absolute atomic E-state index is 6.95. The zero-order chi connectivity index (χ0) is 19.3. The smallest absolute Gasteiger partial charge is 0.261 e. The summed E-state index contributed by atoms with van der Waals surface area (Å²) in [6, 6.07) is 21.8. The highest BCUT2D eigenvalue weighted by Crippen LogP contribution is 2.37. The lowest BCUT2D eigenvalue weighted by Crippen LogP contribution is -2.66. The molecular formula is C25H32OSi. The first-order chi connectivity index (χ1) is 12.9. The van der Waals surface area contributed by atoms with Gasteiger partial charge in [0.2, 0.25) is 0 Å². The van der Waals surface area contributed by atoms with E-state index in [4.69, 9.17) is 4.43 Å². The summed E-state index contributed by atoms with van der Waals surface area (Å²) in [5.74, 6) is 0. The lowest BCUT2D eigenvalue weighted by Gasteiger charge is -2.43. The Morgan fingerprint density at radius 3 is 1.85 bits per heavy atom. The van der Waals surface area contributed by atoms with Gasteiger partial charge < -0.3 is 4.43 Å². The monoisotopic (exact) mass is 376 g/mol. The Hall–Kier alpha value is -1.90. The molecule has 1 aliphatic rings. The molecule has 2 aromatic carbocycles. The minimum absolute atomic E-state index is 0.0560. The highest BCUT2D eigenvalue weighted by Gasteiger charge is 2.49. The number of hydrogen-bond acceptors (Lipinski definition) is 1. The van der Waals surface area contributed by atoms with Crippen LogP contribution in [0.4, 0.5) is 0 Å². The minimum atomic E-state index is -2.37. The van der Waals surface area contributed by atoms with E-state index in [0.717, 1.165) is 25.9 Å². The fourth-order valence-electron chi connectivity index (χ4n) is 4.19.